The molecule has 1 saturated carbocycles. The Kier molecular flexibility index (Phi) is 5.80. The zero-order chi connectivity index (χ0) is 14.4. The molecule has 0 amide bonds. The number of hydrogen-bond acceptors (Lipinski definition) is 4. The highest BCUT2D eigenvalue weighted by Crippen LogP contribution is 2.27. The topological polar surface area (TPSA) is 56.6 Å². The highest BCUT2D eigenvalue weighted by atomic mass is 16.3. The quantitative estimate of drug-likeness (QED) is 0.838. The van der Waals surface area contributed by atoms with E-state index in [1.54, 1.807) is 0 Å². The first-order valence-corrected chi connectivity index (χ1v) is 7.76. The molecule has 1 aliphatic rings. The molecule has 0 aromatic carbocycles. The largest absolute Gasteiger partial charge is 0.395 e. The van der Waals surface area contributed by atoms with Crippen LogP contribution in [0.5, 0.6) is 0 Å². The predicted molar refractivity (Wildman–Crippen MR) is 80.8 cm³/mol. The minimum Gasteiger partial charge on any atom is -0.395 e. The van der Waals surface area contributed by atoms with Crippen molar-refractivity contribution in [2.24, 2.45) is 0 Å². The van der Waals surface area contributed by atoms with E-state index < -0.39 is 0 Å². The number of aliphatic hydroxyl groups excluding tert-OH is 2. The molecule has 1 aliphatic carbocycles. The lowest BCUT2D eigenvalue weighted by Gasteiger charge is -2.35. The van der Waals surface area contributed by atoms with E-state index in [0.717, 1.165) is 23.5 Å². The number of anilines is 1. The van der Waals surface area contributed by atoms with Crippen LogP contribution in [0, 0.1) is 0 Å². The van der Waals surface area contributed by atoms with Crippen LogP contribution >= 0.6 is 0 Å². The summed E-state index contributed by atoms with van der Waals surface area (Å²) in [6, 6.07) is 4.40. The second-order valence-electron chi connectivity index (χ2n) is 5.55. The molecule has 1 fully saturated rings. The number of hydrogen-bond donors (Lipinski definition) is 2. The molecule has 0 radical (unpaired) electrons. The smallest absolute Gasteiger partial charge is 0.129 e. The van der Waals surface area contributed by atoms with Gasteiger partial charge in [0, 0.05) is 18.3 Å². The van der Waals surface area contributed by atoms with Gasteiger partial charge in [0.05, 0.1) is 13.2 Å². The lowest BCUT2D eigenvalue weighted by atomic mass is 9.94. The molecule has 1 heterocycles. The van der Waals surface area contributed by atoms with Crippen LogP contribution in [0.2, 0.25) is 0 Å². The maximum absolute atomic E-state index is 9.41. The first-order chi connectivity index (χ1) is 9.78. The summed E-state index contributed by atoms with van der Waals surface area (Å²) < 4.78 is 0. The number of aryl methyl sites for hydroxylation is 1. The van der Waals surface area contributed by atoms with Crippen molar-refractivity contribution in [2.45, 2.75) is 58.1 Å². The number of aliphatic hydroxyl groups is 2. The van der Waals surface area contributed by atoms with E-state index in [1.165, 1.54) is 32.1 Å². The first-order valence-electron chi connectivity index (χ1n) is 7.76. The molecule has 0 saturated heterocycles. The summed E-state index contributed by atoms with van der Waals surface area (Å²) in [5, 5.41) is 18.8. The third-order valence-electron chi connectivity index (χ3n) is 4.12. The summed E-state index contributed by atoms with van der Waals surface area (Å²) in [6.07, 6.45) is 7.03. The van der Waals surface area contributed by atoms with Crippen LogP contribution in [-0.4, -0.2) is 34.4 Å². The molecular weight excluding hydrogens is 252 g/mol. The number of rotatable bonds is 6. The second-order valence-corrected chi connectivity index (χ2v) is 5.55. The first kappa shape index (κ1) is 15.3. The summed E-state index contributed by atoms with van der Waals surface area (Å²) in [4.78, 5) is 6.93. The third-order valence-corrected chi connectivity index (χ3v) is 4.12. The average molecular weight is 278 g/mol. The number of nitrogens with zero attached hydrogens (tertiary/aromatic N) is 2. The van der Waals surface area contributed by atoms with Gasteiger partial charge < -0.3 is 15.1 Å². The minimum atomic E-state index is 0.0418. The second kappa shape index (κ2) is 7.60. The molecule has 0 aliphatic heterocycles. The fourth-order valence-corrected chi connectivity index (χ4v) is 3.04. The highest BCUT2D eigenvalue weighted by Gasteiger charge is 2.22. The fourth-order valence-electron chi connectivity index (χ4n) is 3.04. The van der Waals surface area contributed by atoms with Crippen molar-refractivity contribution in [1.29, 1.82) is 0 Å². The van der Waals surface area contributed by atoms with Gasteiger partial charge in [-0.05, 0) is 37.0 Å². The van der Waals surface area contributed by atoms with E-state index >= 15 is 0 Å². The monoisotopic (exact) mass is 278 g/mol. The summed E-state index contributed by atoms with van der Waals surface area (Å²) >= 11 is 0. The normalized spacial score (nSPS) is 16.4. The molecule has 1 aromatic heterocycles. The van der Waals surface area contributed by atoms with Gasteiger partial charge in [-0.1, -0.05) is 26.2 Å². The van der Waals surface area contributed by atoms with Gasteiger partial charge >= 0.3 is 0 Å². The van der Waals surface area contributed by atoms with Gasteiger partial charge in [0.1, 0.15) is 5.82 Å². The summed E-state index contributed by atoms with van der Waals surface area (Å²) in [5.41, 5.74) is 1.91. The van der Waals surface area contributed by atoms with E-state index in [4.69, 9.17) is 4.98 Å². The standard InChI is InChI=1S/C16H26N2O2/c1-2-14-10-13(12-20)11-16(17-14)18(8-9-19)15-6-4-3-5-7-15/h10-11,15,19-20H,2-9,12H2,1H3. The van der Waals surface area contributed by atoms with Gasteiger partial charge in [0.25, 0.3) is 0 Å². The molecule has 20 heavy (non-hydrogen) atoms. The van der Waals surface area contributed by atoms with Crippen molar-refractivity contribution in [2.75, 3.05) is 18.1 Å². The Hall–Kier alpha value is -1.13. The van der Waals surface area contributed by atoms with E-state index in [-0.39, 0.29) is 13.2 Å². The van der Waals surface area contributed by atoms with Crippen LogP contribution in [0.1, 0.15) is 50.3 Å². The van der Waals surface area contributed by atoms with Gasteiger partial charge in [0.15, 0.2) is 0 Å². The maximum Gasteiger partial charge on any atom is 0.129 e. The van der Waals surface area contributed by atoms with Crippen molar-refractivity contribution in [3.8, 4) is 0 Å². The summed E-state index contributed by atoms with van der Waals surface area (Å²) in [7, 11) is 0. The van der Waals surface area contributed by atoms with Gasteiger partial charge in [0.2, 0.25) is 0 Å². The molecule has 0 unspecified atom stereocenters. The highest BCUT2D eigenvalue weighted by molar-refractivity contribution is 5.44. The maximum atomic E-state index is 9.41. The lowest BCUT2D eigenvalue weighted by molar-refractivity contribution is 0.281. The van der Waals surface area contributed by atoms with Crippen molar-refractivity contribution in [3.05, 3.63) is 23.4 Å². The molecule has 2 N–H and O–H groups in total. The SMILES string of the molecule is CCc1cc(CO)cc(N(CCO)C2CCCCC2)n1. The Bertz CT molecular complexity index is 395. The van der Waals surface area contributed by atoms with E-state index in [2.05, 4.69) is 11.8 Å². The van der Waals surface area contributed by atoms with Crippen LogP contribution in [0.25, 0.3) is 0 Å². The van der Waals surface area contributed by atoms with Crippen LogP contribution < -0.4 is 4.90 Å². The van der Waals surface area contributed by atoms with Gasteiger partial charge in [-0.3, -0.25) is 0 Å². The van der Waals surface area contributed by atoms with Crippen molar-refractivity contribution >= 4 is 5.82 Å². The number of pyridine rings is 1. The molecule has 0 spiro atoms. The molecule has 0 bridgehead atoms. The van der Waals surface area contributed by atoms with Gasteiger partial charge in [-0.25, -0.2) is 4.98 Å². The fraction of sp³-hybridized carbons (Fsp3) is 0.688. The van der Waals surface area contributed by atoms with Crippen LogP contribution in [-0.2, 0) is 13.0 Å². The predicted octanol–water partition coefficient (Wildman–Crippen LogP) is 2.27. The molecular formula is C16H26N2O2. The molecule has 2 rings (SSSR count). The molecule has 1 aromatic rings. The van der Waals surface area contributed by atoms with Crippen LogP contribution in [0.4, 0.5) is 5.82 Å². The van der Waals surface area contributed by atoms with Crippen LogP contribution in [0.15, 0.2) is 12.1 Å². The van der Waals surface area contributed by atoms with Crippen LogP contribution in [0.3, 0.4) is 0 Å². The molecule has 4 heteroatoms. The Morgan fingerprint density at radius 2 is 1.95 bits per heavy atom. The molecule has 4 nitrogen and oxygen atoms in total. The Morgan fingerprint density at radius 3 is 2.55 bits per heavy atom. The van der Waals surface area contributed by atoms with Gasteiger partial charge in [-0.2, -0.15) is 0 Å². The zero-order valence-corrected chi connectivity index (χ0v) is 12.4. The summed E-state index contributed by atoms with van der Waals surface area (Å²) in [6.45, 7) is 2.88. The van der Waals surface area contributed by atoms with Crippen molar-refractivity contribution in [3.63, 3.8) is 0 Å². The minimum absolute atomic E-state index is 0.0418. The Balaban J connectivity index is 2.27. The lowest BCUT2D eigenvalue weighted by Crippen LogP contribution is -2.39. The van der Waals surface area contributed by atoms with Crippen molar-refractivity contribution < 1.29 is 10.2 Å². The van der Waals surface area contributed by atoms with E-state index in [9.17, 15) is 10.2 Å². The van der Waals surface area contributed by atoms with Gasteiger partial charge in [-0.15, -0.1) is 0 Å². The third kappa shape index (κ3) is 3.70. The van der Waals surface area contributed by atoms with E-state index in [0.29, 0.717) is 12.6 Å². The Labute approximate surface area is 121 Å². The van der Waals surface area contributed by atoms with E-state index in [1.807, 2.05) is 12.1 Å². The average Bonchev–Trinajstić information content (AvgIpc) is 2.52. The zero-order valence-electron chi connectivity index (χ0n) is 12.4. The molecule has 0 atom stereocenters. The number of aromatic nitrogens is 1. The van der Waals surface area contributed by atoms with Crippen molar-refractivity contribution in [1.82, 2.24) is 4.98 Å². The Morgan fingerprint density at radius 1 is 1.20 bits per heavy atom. The summed E-state index contributed by atoms with van der Waals surface area (Å²) in [5.74, 6) is 0.911. The molecule has 112 valence electrons.